The van der Waals surface area contributed by atoms with Crippen LogP contribution in [0, 0.1) is 0 Å². The fourth-order valence-electron chi connectivity index (χ4n) is 1.86. The Morgan fingerprint density at radius 3 is 2.81 bits per heavy atom. The number of benzene rings is 2. The van der Waals surface area contributed by atoms with Gasteiger partial charge in [0.2, 0.25) is 6.79 Å². The number of hydrogen-bond donors (Lipinski definition) is 0. The molecule has 0 saturated heterocycles. The van der Waals surface area contributed by atoms with Gasteiger partial charge in [-0.3, -0.25) is 0 Å². The Morgan fingerprint density at radius 2 is 1.95 bits per heavy atom. The van der Waals surface area contributed by atoms with Crippen molar-refractivity contribution in [3.63, 3.8) is 0 Å². The van der Waals surface area contributed by atoms with Gasteiger partial charge in [0.05, 0.1) is 0 Å². The first-order valence-electron chi connectivity index (χ1n) is 6.26. The largest absolute Gasteiger partial charge is 0.454 e. The molecule has 3 rings (SSSR count). The lowest BCUT2D eigenvalue weighted by Crippen LogP contribution is -2.03. The molecule has 4 nitrogen and oxygen atoms in total. The molecular weight excluding hydrogens is 292 g/mol. The average molecular weight is 303 g/mol. The van der Waals surface area contributed by atoms with Crippen LogP contribution in [-0.2, 0) is 4.79 Å². The quantitative estimate of drug-likeness (QED) is 0.493. The van der Waals surface area contributed by atoms with Gasteiger partial charge in [0, 0.05) is 17.2 Å². The lowest BCUT2D eigenvalue weighted by molar-refractivity contribution is -0.128. The molecule has 0 amide bonds. The molecule has 0 radical (unpaired) electrons. The molecule has 0 saturated carbocycles. The van der Waals surface area contributed by atoms with E-state index in [0.29, 0.717) is 22.3 Å². The van der Waals surface area contributed by atoms with Crippen LogP contribution in [-0.4, -0.2) is 12.8 Å². The molecule has 21 heavy (non-hydrogen) atoms. The van der Waals surface area contributed by atoms with Gasteiger partial charge in [-0.2, -0.15) is 0 Å². The summed E-state index contributed by atoms with van der Waals surface area (Å²) >= 11 is 6.00. The number of halogens is 1. The highest BCUT2D eigenvalue weighted by Gasteiger charge is 2.14. The van der Waals surface area contributed by atoms with E-state index in [-0.39, 0.29) is 6.79 Å². The minimum Gasteiger partial charge on any atom is -0.454 e. The van der Waals surface area contributed by atoms with Crippen molar-refractivity contribution in [3.05, 3.63) is 59.1 Å². The summed E-state index contributed by atoms with van der Waals surface area (Å²) in [5.41, 5.74) is 0.752. The van der Waals surface area contributed by atoms with Crippen LogP contribution >= 0.6 is 11.6 Å². The Kier molecular flexibility index (Phi) is 3.79. The fraction of sp³-hybridized carbons (Fsp3) is 0.0625. The number of esters is 1. The number of fused-ring (bicyclic) bond motifs is 1. The monoisotopic (exact) mass is 302 g/mol. The van der Waals surface area contributed by atoms with Gasteiger partial charge in [-0.1, -0.05) is 29.8 Å². The number of rotatable bonds is 3. The van der Waals surface area contributed by atoms with Gasteiger partial charge in [0.15, 0.2) is 11.5 Å². The Labute approximate surface area is 126 Å². The van der Waals surface area contributed by atoms with Crippen molar-refractivity contribution in [3.8, 4) is 17.2 Å². The first kappa shape index (κ1) is 13.5. The van der Waals surface area contributed by atoms with Crippen LogP contribution < -0.4 is 14.2 Å². The third-order valence-electron chi connectivity index (χ3n) is 2.87. The van der Waals surface area contributed by atoms with Gasteiger partial charge in [0.25, 0.3) is 0 Å². The van der Waals surface area contributed by atoms with Crippen molar-refractivity contribution in [2.45, 2.75) is 0 Å². The van der Waals surface area contributed by atoms with Gasteiger partial charge in [-0.05, 0) is 29.8 Å². The minimum absolute atomic E-state index is 0.180. The van der Waals surface area contributed by atoms with Crippen LogP contribution in [0.4, 0.5) is 0 Å². The number of ether oxygens (including phenoxy) is 3. The van der Waals surface area contributed by atoms with E-state index in [1.54, 1.807) is 30.3 Å². The zero-order valence-corrected chi connectivity index (χ0v) is 11.7. The predicted molar refractivity (Wildman–Crippen MR) is 78.7 cm³/mol. The van der Waals surface area contributed by atoms with E-state index in [9.17, 15) is 4.79 Å². The van der Waals surface area contributed by atoms with E-state index in [1.165, 1.54) is 6.08 Å². The van der Waals surface area contributed by atoms with Gasteiger partial charge >= 0.3 is 5.97 Å². The molecule has 1 aliphatic heterocycles. The molecule has 1 heterocycles. The maximum Gasteiger partial charge on any atom is 0.336 e. The van der Waals surface area contributed by atoms with Gasteiger partial charge in [-0.25, -0.2) is 4.79 Å². The van der Waals surface area contributed by atoms with E-state index >= 15 is 0 Å². The lowest BCUT2D eigenvalue weighted by atomic mass is 10.2. The molecule has 0 bridgehead atoms. The topological polar surface area (TPSA) is 44.8 Å². The summed E-state index contributed by atoms with van der Waals surface area (Å²) in [6.07, 6.45) is 2.93. The lowest BCUT2D eigenvalue weighted by Gasteiger charge is -2.02. The molecule has 1 aliphatic rings. The van der Waals surface area contributed by atoms with Gasteiger partial charge < -0.3 is 14.2 Å². The van der Waals surface area contributed by atoms with Crippen molar-refractivity contribution in [2.75, 3.05) is 6.79 Å². The summed E-state index contributed by atoms with van der Waals surface area (Å²) in [7, 11) is 0. The van der Waals surface area contributed by atoms with Crippen LogP contribution in [0.1, 0.15) is 5.56 Å². The first-order valence-corrected chi connectivity index (χ1v) is 6.64. The Hall–Kier alpha value is -2.46. The predicted octanol–water partition coefficient (Wildman–Crippen LogP) is 3.69. The zero-order valence-electron chi connectivity index (χ0n) is 10.9. The summed E-state index contributed by atoms with van der Waals surface area (Å²) in [5.74, 6) is 1.11. The summed E-state index contributed by atoms with van der Waals surface area (Å²) in [6.45, 7) is 0.180. The van der Waals surface area contributed by atoms with Gasteiger partial charge in [-0.15, -0.1) is 0 Å². The van der Waals surface area contributed by atoms with Crippen molar-refractivity contribution in [1.29, 1.82) is 0 Å². The highest BCUT2D eigenvalue weighted by Crippen LogP contribution is 2.35. The standard InChI is InChI=1S/C16H11ClO4/c17-13-4-2-1-3-11(13)5-8-16(18)21-12-6-7-14-15(9-12)20-10-19-14/h1-9H,10H2. The van der Waals surface area contributed by atoms with E-state index in [2.05, 4.69) is 0 Å². The Morgan fingerprint density at radius 1 is 1.14 bits per heavy atom. The van der Waals surface area contributed by atoms with Crippen molar-refractivity contribution in [1.82, 2.24) is 0 Å². The van der Waals surface area contributed by atoms with Crippen LogP contribution in [0.2, 0.25) is 5.02 Å². The molecular formula is C16H11ClO4. The molecule has 5 heteroatoms. The highest BCUT2D eigenvalue weighted by molar-refractivity contribution is 6.32. The van der Waals surface area contributed by atoms with E-state index in [0.717, 1.165) is 5.56 Å². The molecule has 0 unspecified atom stereocenters. The fourth-order valence-corrected chi connectivity index (χ4v) is 2.06. The summed E-state index contributed by atoms with van der Waals surface area (Å²) in [6, 6.07) is 12.2. The second-order valence-electron chi connectivity index (χ2n) is 4.29. The molecule has 106 valence electrons. The van der Waals surface area contributed by atoms with Crippen molar-refractivity contribution < 1.29 is 19.0 Å². The van der Waals surface area contributed by atoms with Crippen molar-refractivity contribution >= 4 is 23.6 Å². The molecule has 2 aromatic carbocycles. The van der Waals surface area contributed by atoms with Gasteiger partial charge in [0.1, 0.15) is 5.75 Å². The van der Waals surface area contributed by atoms with Crippen LogP contribution in [0.3, 0.4) is 0 Å². The zero-order chi connectivity index (χ0) is 14.7. The molecule has 2 aromatic rings. The minimum atomic E-state index is -0.492. The van der Waals surface area contributed by atoms with E-state index in [1.807, 2.05) is 18.2 Å². The van der Waals surface area contributed by atoms with E-state index in [4.69, 9.17) is 25.8 Å². The van der Waals surface area contributed by atoms with Crippen LogP contribution in [0.25, 0.3) is 6.08 Å². The Bertz CT molecular complexity index is 709. The third kappa shape index (κ3) is 3.17. The normalized spacial score (nSPS) is 12.6. The number of carbonyl (C=O) groups excluding carboxylic acids is 1. The maximum atomic E-state index is 11.8. The first-order chi connectivity index (χ1) is 10.2. The second kappa shape index (κ2) is 5.89. The molecule has 0 spiro atoms. The van der Waals surface area contributed by atoms with Crippen LogP contribution in [0.5, 0.6) is 17.2 Å². The van der Waals surface area contributed by atoms with Crippen LogP contribution in [0.15, 0.2) is 48.5 Å². The highest BCUT2D eigenvalue weighted by atomic mass is 35.5. The molecule has 0 N–H and O–H groups in total. The second-order valence-corrected chi connectivity index (χ2v) is 4.70. The maximum absolute atomic E-state index is 11.8. The molecule has 0 fully saturated rings. The summed E-state index contributed by atoms with van der Waals surface area (Å²) in [4.78, 5) is 11.8. The summed E-state index contributed by atoms with van der Waals surface area (Å²) < 4.78 is 15.6. The van der Waals surface area contributed by atoms with Crippen molar-refractivity contribution in [2.24, 2.45) is 0 Å². The van der Waals surface area contributed by atoms with E-state index < -0.39 is 5.97 Å². The Balaban J connectivity index is 1.68. The number of hydrogen-bond acceptors (Lipinski definition) is 4. The molecule has 0 aliphatic carbocycles. The summed E-state index contributed by atoms with van der Waals surface area (Å²) in [5, 5.41) is 0.574. The SMILES string of the molecule is O=C(C=Cc1ccccc1Cl)Oc1ccc2c(c1)OCO2. The number of carbonyl (C=O) groups is 1. The molecule has 0 aromatic heterocycles. The average Bonchev–Trinajstić information content (AvgIpc) is 2.94. The third-order valence-corrected chi connectivity index (χ3v) is 3.21. The molecule has 0 atom stereocenters. The smallest absolute Gasteiger partial charge is 0.336 e.